The molecule has 0 heterocycles. The predicted molar refractivity (Wildman–Crippen MR) is 109 cm³/mol. The fraction of sp³-hybridized carbons (Fsp3) is 0.750. The van der Waals surface area contributed by atoms with E-state index >= 15 is 0 Å². The van der Waals surface area contributed by atoms with E-state index in [1.54, 1.807) is 0 Å². The Labute approximate surface area is 169 Å². The molecule has 0 bridgehead atoms. The van der Waals surface area contributed by atoms with E-state index in [2.05, 4.69) is 19.1 Å². The summed E-state index contributed by atoms with van der Waals surface area (Å²) in [4.78, 5) is 25.3. The number of allylic oxidation sites excluding steroid dienone is 3. The van der Waals surface area contributed by atoms with Crippen LogP contribution in [0.25, 0.3) is 0 Å². The van der Waals surface area contributed by atoms with Crippen molar-refractivity contribution in [3.05, 3.63) is 23.8 Å². The molecular formula is C24H36O4. The molecule has 3 fully saturated rings. The Morgan fingerprint density at radius 2 is 1.93 bits per heavy atom. The van der Waals surface area contributed by atoms with Crippen LogP contribution in [0.3, 0.4) is 0 Å². The summed E-state index contributed by atoms with van der Waals surface area (Å²) in [7, 11) is 1.39. The Balaban J connectivity index is 1.62. The third-order valence-corrected chi connectivity index (χ3v) is 7.45. The third-order valence-electron chi connectivity index (χ3n) is 7.45. The lowest BCUT2D eigenvalue weighted by molar-refractivity contribution is -0.152. The predicted octanol–water partition coefficient (Wildman–Crippen LogP) is 4.47. The second-order valence-electron chi connectivity index (χ2n) is 9.29. The smallest absolute Gasteiger partial charge is 0.316 e. The molecule has 156 valence electrons. The minimum absolute atomic E-state index is 0.0148. The number of esters is 1. The lowest BCUT2D eigenvalue weighted by atomic mass is 9.74. The number of Topliss-reactive ketones (excluding diaryl/α,β-unsaturated/α-hetero) is 1. The number of ketones is 1. The van der Waals surface area contributed by atoms with Gasteiger partial charge in [0.2, 0.25) is 0 Å². The fourth-order valence-electron chi connectivity index (χ4n) is 5.87. The van der Waals surface area contributed by atoms with Crippen LogP contribution in [0, 0.1) is 35.5 Å². The number of carbonyl (C=O) groups is 2. The topological polar surface area (TPSA) is 63.6 Å². The largest absolute Gasteiger partial charge is 0.468 e. The molecule has 0 spiro atoms. The summed E-state index contributed by atoms with van der Waals surface area (Å²) in [6, 6.07) is 0. The lowest BCUT2D eigenvalue weighted by Gasteiger charge is -2.30. The Hall–Kier alpha value is -1.42. The van der Waals surface area contributed by atoms with Crippen LogP contribution in [-0.2, 0) is 14.3 Å². The van der Waals surface area contributed by atoms with Gasteiger partial charge in [-0.15, -0.1) is 0 Å². The number of aliphatic hydroxyl groups excluding tert-OH is 1. The molecule has 0 amide bonds. The van der Waals surface area contributed by atoms with Crippen molar-refractivity contribution in [1.29, 1.82) is 0 Å². The van der Waals surface area contributed by atoms with Crippen molar-refractivity contribution in [2.45, 2.75) is 71.3 Å². The van der Waals surface area contributed by atoms with Crippen LogP contribution in [-0.4, -0.2) is 30.1 Å². The van der Waals surface area contributed by atoms with Crippen molar-refractivity contribution in [1.82, 2.24) is 0 Å². The maximum Gasteiger partial charge on any atom is 0.316 e. The molecule has 3 rings (SSSR count). The van der Waals surface area contributed by atoms with Crippen LogP contribution in [0.15, 0.2) is 23.8 Å². The van der Waals surface area contributed by atoms with Crippen LogP contribution in [0.2, 0.25) is 0 Å². The number of ether oxygens (including phenoxy) is 1. The number of hydrogen-bond donors (Lipinski definition) is 1. The SMILES string of the molecule is CC=C[C@@H]1[C@H]2CC(=CCC(=O)C(C(=O)OC)C3CCC(C)CC3)C[C@@H]2C[C@H]1O. The summed E-state index contributed by atoms with van der Waals surface area (Å²) in [6.45, 7) is 4.24. The van der Waals surface area contributed by atoms with Gasteiger partial charge in [0.25, 0.3) is 0 Å². The van der Waals surface area contributed by atoms with E-state index in [0.717, 1.165) is 44.9 Å². The molecule has 0 aliphatic heterocycles. The van der Waals surface area contributed by atoms with Crippen LogP contribution >= 0.6 is 0 Å². The van der Waals surface area contributed by atoms with Gasteiger partial charge >= 0.3 is 5.97 Å². The molecule has 28 heavy (non-hydrogen) atoms. The number of rotatable bonds is 6. The summed E-state index contributed by atoms with van der Waals surface area (Å²) in [5, 5.41) is 10.3. The second-order valence-corrected chi connectivity index (χ2v) is 9.29. The standard InChI is InChI=1S/C24H36O4/c1-4-5-19-20-13-16(12-18(20)14-22(19)26)8-11-21(25)23(24(27)28-3)17-9-6-15(2)7-10-17/h4-5,8,15,17-20,22-23,26H,6-7,9-14H2,1-3H3/t15?,17?,18-,19-,20+,22-,23?/m1/s1. The summed E-state index contributed by atoms with van der Waals surface area (Å²) in [5.74, 6) is 1.12. The molecule has 4 heteroatoms. The first kappa shape index (κ1) is 21.3. The van der Waals surface area contributed by atoms with Gasteiger partial charge < -0.3 is 9.84 Å². The number of hydrogen-bond acceptors (Lipinski definition) is 4. The van der Waals surface area contributed by atoms with E-state index in [9.17, 15) is 14.7 Å². The highest BCUT2D eigenvalue weighted by atomic mass is 16.5. The molecular weight excluding hydrogens is 352 g/mol. The van der Waals surface area contributed by atoms with Gasteiger partial charge in [-0.3, -0.25) is 9.59 Å². The first-order chi connectivity index (χ1) is 13.4. The minimum Gasteiger partial charge on any atom is -0.468 e. The molecule has 5 atom stereocenters. The van der Waals surface area contributed by atoms with Gasteiger partial charge in [0, 0.05) is 12.3 Å². The van der Waals surface area contributed by atoms with Crippen molar-refractivity contribution in [3.8, 4) is 0 Å². The first-order valence-corrected chi connectivity index (χ1v) is 11.0. The molecule has 0 aromatic heterocycles. The monoisotopic (exact) mass is 388 g/mol. The fourth-order valence-corrected chi connectivity index (χ4v) is 5.87. The zero-order valence-electron chi connectivity index (χ0n) is 17.6. The molecule has 1 unspecified atom stereocenters. The van der Waals surface area contributed by atoms with E-state index in [-0.39, 0.29) is 29.7 Å². The van der Waals surface area contributed by atoms with Crippen molar-refractivity contribution < 1.29 is 19.4 Å². The quantitative estimate of drug-likeness (QED) is 0.414. The van der Waals surface area contributed by atoms with E-state index < -0.39 is 5.92 Å². The highest BCUT2D eigenvalue weighted by Gasteiger charge is 2.45. The summed E-state index contributed by atoms with van der Waals surface area (Å²) in [6.07, 6.45) is 13.2. The average Bonchev–Trinajstić information content (AvgIpc) is 3.19. The van der Waals surface area contributed by atoms with Gasteiger partial charge in [0.05, 0.1) is 13.2 Å². The highest BCUT2D eigenvalue weighted by molar-refractivity contribution is 5.99. The zero-order valence-corrected chi connectivity index (χ0v) is 17.6. The van der Waals surface area contributed by atoms with Crippen LogP contribution in [0.5, 0.6) is 0 Å². The first-order valence-electron chi connectivity index (χ1n) is 11.0. The summed E-state index contributed by atoms with van der Waals surface area (Å²) >= 11 is 0. The molecule has 0 saturated heterocycles. The molecule has 0 aromatic rings. The summed E-state index contributed by atoms with van der Waals surface area (Å²) < 4.78 is 4.98. The van der Waals surface area contributed by atoms with E-state index in [1.165, 1.54) is 12.7 Å². The molecule has 3 aliphatic rings. The van der Waals surface area contributed by atoms with Crippen LogP contribution in [0.4, 0.5) is 0 Å². The number of aliphatic hydroxyl groups is 1. The third kappa shape index (κ3) is 4.59. The molecule has 3 aliphatic carbocycles. The maximum atomic E-state index is 12.9. The Kier molecular flexibility index (Phi) is 7.14. The van der Waals surface area contributed by atoms with Crippen molar-refractivity contribution >= 4 is 11.8 Å². The Bertz CT molecular complexity index is 627. The van der Waals surface area contributed by atoms with Crippen molar-refractivity contribution in [3.63, 3.8) is 0 Å². The van der Waals surface area contributed by atoms with Gasteiger partial charge in [0.15, 0.2) is 5.78 Å². The highest BCUT2D eigenvalue weighted by Crippen LogP contribution is 2.50. The lowest BCUT2D eigenvalue weighted by Crippen LogP contribution is -2.34. The van der Waals surface area contributed by atoms with Gasteiger partial charge in [-0.1, -0.05) is 43.6 Å². The molecule has 3 saturated carbocycles. The van der Waals surface area contributed by atoms with Crippen molar-refractivity contribution in [2.24, 2.45) is 35.5 Å². The summed E-state index contributed by atoms with van der Waals surface area (Å²) in [5.41, 5.74) is 1.32. The second kappa shape index (κ2) is 9.39. The number of methoxy groups -OCH3 is 1. The molecule has 4 nitrogen and oxygen atoms in total. The Morgan fingerprint density at radius 1 is 1.21 bits per heavy atom. The maximum absolute atomic E-state index is 12.9. The number of carbonyl (C=O) groups excluding carboxylic acids is 2. The molecule has 1 N–H and O–H groups in total. The van der Waals surface area contributed by atoms with Gasteiger partial charge in [-0.2, -0.15) is 0 Å². The van der Waals surface area contributed by atoms with E-state index in [0.29, 0.717) is 24.2 Å². The average molecular weight is 389 g/mol. The van der Waals surface area contributed by atoms with Gasteiger partial charge in [0.1, 0.15) is 5.92 Å². The number of fused-ring (bicyclic) bond motifs is 1. The van der Waals surface area contributed by atoms with Crippen molar-refractivity contribution in [2.75, 3.05) is 7.11 Å². The van der Waals surface area contributed by atoms with Gasteiger partial charge in [-0.25, -0.2) is 0 Å². The Morgan fingerprint density at radius 3 is 2.57 bits per heavy atom. The van der Waals surface area contributed by atoms with Crippen LogP contribution < -0.4 is 0 Å². The van der Waals surface area contributed by atoms with E-state index in [4.69, 9.17) is 4.74 Å². The molecule has 0 radical (unpaired) electrons. The normalized spacial score (nSPS) is 37.9. The zero-order chi connectivity index (χ0) is 20.3. The van der Waals surface area contributed by atoms with Crippen LogP contribution in [0.1, 0.15) is 65.2 Å². The molecule has 0 aromatic carbocycles. The minimum atomic E-state index is -0.604. The van der Waals surface area contributed by atoms with Gasteiger partial charge in [-0.05, 0) is 62.7 Å². The van der Waals surface area contributed by atoms with E-state index in [1.807, 2.05) is 13.0 Å².